The summed E-state index contributed by atoms with van der Waals surface area (Å²) < 4.78 is 26.9. The highest BCUT2D eigenvalue weighted by atomic mass is 32.2. The van der Waals surface area contributed by atoms with Gasteiger partial charge in [0.25, 0.3) is 0 Å². The first-order chi connectivity index (χ1) is 10.0. The number of carbonyl (C=O) groups excluding carboxylic acids is 1. The maximum atomic E-state index is 12.2. The van der Waals surface area contributed by atoms with E-state index in [1.165, 1.54) is 12.3 Å². The van der Waals surface area contributed by atoms with Crippen molar-refractivity contribution in [1.29, 1.82) is 0 Å². The van der Waals surface area contributed by atoms with Gasteiger partial charge in [-0.25, -0.2) is 13.4 Å². The SMILES string of the molecule is CCCNc1ccc(S(=O)(=O)NC2CCCNC2=O)cn1. The van der Waals surface area contributed by atoms with Crippen molar-refractivity contribution < 1.29 is 13.2 Å². The Morgan fingerprint density at radius 2 is 2.24 bits per heavy atom. The summed E-state index contributed by atoms with van der Waals surface area (Å²) in [5.41, 5.74) is 0. The number of rotatable bonds is 6. The molecule has 1 aromatic heterocycles. The van der Waals surface area contributed by atoms with Crippen LogP contribution in [0.5, 0.6) is 0 Å². The van der Waals surface area contributed by atoms with E-state index in [-0.39, 0.29) is 10.8 Å². The van der Waals surface area contributed by atoms with Gasteiger partial charge in [-0.3, -0.25) is 4.79 Å². The third kappa shape index (κ3) is 4.15. The van der Waals surface area contributed by atoms with E-state index in [2.05, 4.69) is 20.3 Å². The third-order valence-corrected chi connectivity index (χ3v) is 4.64. The summed E-state index contributed by atoms with van der Waals surface area (Å²) in [6.07, 6.45) is 3.52. The molecule has 0 saturated carbocycles. The highest BCUT2D eigenvalue weighted by Crippen LogP contribution is 2.13. The van der Waals surface area contributed by atoms with Crippen molar-refractivity contribution in [3.63, 3.8) is 0 Å². The van der Waals surface area contributed by atoms with Crippen LogP contribution in [0.15, 0.2) is 23.2 Å². The van der Waals surface area contributed by atoms with Crippen LogP contribution < -0.4 is 15.4 Å². The second-order valence-electron chi connectivity index (χ2n) is 4.91. The van der Waals surface area contributed by atoms with Crippen LogP contribution in [0.25, 0.3) is 0 Å². The highest BCUT2D eigenvalue weighted by molar-refractivity contribution is 7.89. The fourth-order valence-corrected chi connectivity index (χ4v) is 3.21. The first-order valence-electron chi connectivity index (χ1n) is 7.03. The second-order valence-corrected chi connectivity index (χ2v) is 6.63. The molecule has 0 aromatic carbocycles. The van der Waals surface area contributed by atoms with E-state index in [0.717, 1.165) is 19.4 Å². The lowest BCUT2D eigenvalue weighted by Crippen LogP contribution is -2.50. The molecule has 1 aliphatic heterocycles. The molecule has 0 aliphatic carbocycles. The number of pyridine rings is 1. The van der Waals surface area contributed by atoms with Crippen LogP contribution in [0.3, 0.4) is 0 Å². The maximum absolute atomic E-state index is 12.2. The Labute approximate surface area is 124 Å². The summed E-state index contributed by atoms with van der Waals surface area (Å²) in [4.78, 5) is 15.7. The largest absolute Gasteiger partial charge is 0.370 e. The van der Waals surface area contributed by atoms with Gasteiger partial charge in [-0.1, -0.05) is 6.92 Å². The number of hydrogen-bond acceptors (Lipinski definition) is 5. The van der Waals surface area contributed by atoms with Gasteiger partial charge in [0, 0.05) is 19.3 Å². The number of sulfonamides is 1. The Kier molecular flexibility index (Phi) is 5.13. The van der Waals surface area contributed by atoms with E-state index < -0.39 is 16.1 Å². The number of nitrogens with one attached hydrogen (secondary N) is 3. The average Bonchev–Trinajstić information content (AvgIpc) is 2.48. The summed E-state index contributed by atoms with van der Waals surface area (Å²) in [5.74, 6) is 0.352. The van der Waals surface area contributed by atoms with Gasteiger partial charge in [0.1, 0.15) is 16.8 Å². The Balaban J connectivity index is 2.06. The van der Waals surface area contributed by atoms with Crippen LogP contribution in [-0.4, -0.2) is 38.4 Å². The van der Waals surface area contributed by atoms with E-state index in [1.54, 1.807) is 6.07 Å². The molecule has 1 saturated heterocycles. The van der Waals surface area contributed by atoms with Gasteiger partial charge >= 0.3 is 0 Å². The zero-order chi connectivity index (χ0) is 15.3. The fourth-order valence-electron chi connectivity index (χ4n) is 2.04. The van der Waals surface area contributed by atoms with E-state index in [9.17, 15) is 13.2 Å². The zero-order valence-corrected chi connectivity index (χ0v) is 12.7. The molecule has 3 N–H and O–H groups in total. The molecular weight excluding hydrogens is 292 g/mol. The van der Waals surface area contributed by atoms with Gasteiger partial charge in [-0.15, -0.1) is 0 Å². The van der Waals surface area contributed by atoms with Gasteiger partial charge < -0.3 is 10.6 Å². The predicted octanol–water partition coefficient (Wildman–Crippen LogP) is 0.460. The van der Waals surface area contributed by atoms with Gasteiger partial charge in [0.05, 0.1) is 0 Å². The lowest BCUT2D eigenvalue weighted by molar-refractivity contribution is -0.124. The second kappa shape index (κ2) is 6.86. The van der Waals surface area contributed by atoms with Crippen molar-refractivity contribution in [3.8, 4) is 0 Å². The minimum Gasteiger partial charge on any atom is -0.370 e. The number of anilines is 1. The van der Waals surface area contributed by atoms with Crippen molar-refractivity contribution in [2.45, 2.75) is 37.1 Å². The van der Waals surface area contributed by atoms with Crippen molar-refractivity contribution in [1.82, 2.24) is 15.0 Å². The first kappa shape index (κ1) is 15.7. The maximum Gasteiger partial charge on any atom is 0.242 e. The summed E-state index contributed by atoms with van der Waals surface area (Å²) >= 11 is 0. The van der Waals surface area contributed by atoms with Gasteiger partial charge in [0.15, 0.2) is 0 Å². The molecule has 116 valence electrons. The quantitative estimate of drug-likeness (QED) is 0.708. The molecule has 1 fully saturated rings. The molecule has 0 spiro atoms. The molecule has 21 heavy (non-hydrogen) atoms. The smallest absolute Gasteiger partial charge is 0.242 e. The highest BCUT2D eigenvalue weighted by Gasteiger charge is 2.27. The molecule has 1 unspecified atom stereocenters. The zero-order valence-electron chi connectivity index (χ0n) is 11.9. The molecule has 0 bridgehead atoms. The molecule has 8 heteroatoms. The molecular formula is C13H20N4O3S. The number of hydrogen-bond donors (Lipinski definition) is 3. The van der Waals surface area contributed by atoms with Gasteiger partial charge in [-0.2, -0.15) is 4.72 Å². The minimum atomic E-state index is -3.73. The molecule has 2 heterocycles. The van der Waals surface area contributed by atoms with E-state index in [1.807, 2.05) is 6.92 Å². The lowest BCUT2D eigenvalue weighted by Gasteiger charge is -2.22. The molecule has 2 rings (SSSR count). The fraction of sp³-hybridized carbons (Fsp3) is 0.538. The Morgan fingerprint density at radius 3 is 2.86 bits per heavy atom. The lowest BCUT2D eigenvalue weighted by atomic mass is 10.1. The van der Waals surface area contributed by atoms with E-state index in [0.29, 0.717) is 18.8 Å². The third-order valence-electron chi connectivity index (χ3n) is 3.19. The Hall–Kier alpha value is -1.67. The topological polar surface area (TPSA) is 100 Å². The summed E-state index contributed by atoms with van der Waals surface area (Å²) in [5, 5.41) is 5.72. The molecule has 1 amide bonds. The van der Waals surface area contributed by atoms with Crippen molar-refractivity contribution in [2.75, 3.05) is 18.4 Å². The standard InChI is InChI=1S/C13H20N4O3S/c1-2-7-14-12-6-5-10(9-16-12)21(19,20)17-11-4-3-8-15-13(11)18/h5-6,9,11,17H,2-4,7-8H2,1H3,(H,14,16)(H,15,18). The summed E-state index contributed by atoms with van der Waals surface area (Å²) in [6.45, 7) is 3.40. The van der Waals surface area contributed by atoms with E-state index in [4.69, 9.17) is 0 Å². The van der Waals surface area contributed by atoms with Crippen molar-refractivity contribution >= 4 is 21.7 Å². The predicted molar refractivity (Wildman–Crippen MR) is 79.4 cm³/mol. The monoisotopic (exact) mass is 312 g/mol. The van der Waals surface area contributed by atoms with E-state index >= 15 is 0 Å². The number of nitrogens with zero attached hydrogens (tertiary/aromatic N) is 1. The first-order valence-corrected chi connectivity index (χ1v) is 8.51. The van der Waals surface area contributed by atoms with Crippen molar-refractivity contribution in [2.24, 2.45) is 0 Å². The minimum absolute atomic E-state index is 0.0583. The number of piperidine rings is 1. The van der Waals surface area contributed by atoms with Gasteiger partial charge in [-0.05, 0) is 31.4 Å². The van der Waals surface area contributed by atoms with Crippen molar-refractivity contribution in [3.05, 3.63) is 18.3 Å². The number of carbonyl (C=O) groups is 1. The molecule has 1 aromatic rings. The van der Waals surface area contributed by atoms with Crippen LogP contribution in [0.1, 0.15) is 26.2 Å². The van der Waals surface area contributed by atoms with Crippen LogP contribution in [0, 0.1) is 0 Å². The average molecular weight is 312 g/mol. The summed E-state index contributed by atoms with van der Waals surface area (Å²) in [7, 11) is -3.73. The van der Waals surface area contributed by atoms with Crippen LogP contribution in [0.4, 0.5) is 5.82 Å². The van der Waals surface area contributed by atoms with Crippen LogP contribution in [0.2, 0.25) is 0 Å². The molecule has 1 atom stereocenters. The molecule has 1 aliphatic rings. The van der Waals surface area contributed by atoms with Crippen LogP contribution >= 0.6 is 0 Å². The number of amides is 1. The normalized spacial score (nSPS) is 19.1. The Morgan fingerprint density at radius 1 is 1.43 bits per heavy atom. The summed E-state index contributed by atoms with van der Waals surface area (Å²) in [6, 6.07) is 2.39. The van der Waals surface area contributed by atoms with Crippen LogP contribution in [-0.2, 0) is 14.8 Å². The molecule has 0 radical (unpaired) electrons. The Bertz CT molecular complexity index is 586. The number of aromatic nitrogens is 1. The van der Waals surface area contributed by atoms with Gasteiger partial charge in [0.2, 0.25) is 15.9 Å². The molecule has 7 nitrogen and oxygen atoms in total.